The van der Waals surface area contributed by atoms with E-state index in [0.29, 0.717) is 17.1 Å². The van der Waals surface area contributed by atoms with Gasteiger partial charge in [-0.3, -0.25) is 4.68 Å². The number of rotatable bonds is 7. The number of para-hydroxylation sites is 1. The number of hydrogen-bond acceptors (Lipinski definition) is 5. The highest BCUT2D eigenvalue weighted by molar-refractivity contribution is 7.91. The van der Waals surface area contributed by atoms with Crippen molar-refractivity contribution in [3.05, 3.63) is 36.7 Å². The standard InChI is InChI=1S/C13H18N4O2S/c1-2-20(18,19)13-7-4-3-6-12(13)14-8-5-10-17-11-9-15-16-17/h3-4,6-7,9,11,14H,2,5,8,10H2,1H3. The predicted molar refractivity (Wildman–Crippen MR) is 77.3 cm³/mol. The maximum absolute atomic E-state index is 12.0. The van der Waals surface area contributed by atoms with E-state index in [-0.39, 0.29) is 5.75 Å². The van der Waals surface area contributed by atoms with Gasteiger partial charge in [0.2, 0.25) is 0 Å². The van der Waals surface area contributed by atoms with Crippen LogP contribution in [0.1, 0.15) is 13.3 Å². The summed E-state index contributed by atoms with van der Waals surface area (Å²) in [7, 11) is -3.20. The summed E-state index contributed by atoms with van der Waals surface area (Å²) in [6.07, 6.45) is 4.27. The Balaban J connectivity index is 1.96. The normalized spacial score (nSPS) is 11.4. The first kappa shape index (κ1) is 14.5. The first-order valence-corrected chi connectivity index (χ1v) is 8.18. The molecule has 0 bridgehead atoms. The minimum absolute atomic E-state index is 0.102. The number of benzene rings is 1. The van der Waals surface area contributed by atoms with Gasteiger partial charge in [-0.2, -0.15) is 0 Å². The molecule has 6 nitrogen and oxygen atoms in total. The molecule has 0 unspecified atom stereocenters. The maximum atomic E-state index is 12.0. The summed E-state index contributed by atoms with van der Waals surface area (Å²) in [5.41, 5.74) is 0.660. The lowest BCUT2D eigenvalue weighted by atomic mass is 10.3. The lowest BCUT2D eigenvalue weighted by molar-refractivity contribution is 0.569. The number of anilines is 1. The fraction of sp³-hybridized carbons (Fsp3) is 0.385. The third-order valence-electron chi connectivity index (χ3n) is 2.95. The molecular formula is C13H18N4O2S. The molecule has 2 aromatic rings. The van der Waals surface area contributed by atoms with Gasteiger partial charge in [-0.05, 0) is 18.6 Å². The molecule has 1 aromatic heterocycles. The van der Waals surface area contributed by atoms with Gasteiger partial charge < -0.3 is 5.32 Å². The van der Waals surface area contributed by atoms with E-state index >= 15 is 0 Å². The predicted octanol–water partition coefficient (Wildman–Crippen LogP) is 1.57. The number of nitrogens with zero attached hydrogens (tertiary/aromatic N) is 3. The summed E-state index contributed by atoms with van der Waals surface area (Å²) in [4.78, 5) is 0.364. The highest BCUT2D eigenvalue weighted by Crippen LogP contribution is 2.21. The molecule has 0 aliphatic rings. The van der Waals surface area contributed by atoms with E-state index in [0.717, 1.165) is 13.0 Å². The van der Waals surface area contributed by atoms with Crippen LogP contribution in [0.2, 0.25) is 0 Å². The van der Waals surface area contributed by atoms with E-state index in [9.17, 15) is 8.42 Å². The average molecular weight is 294 g/mol. The van der Waals surface area contributed by atoms with Gasteiger partial charge in [-0.15, -0.1) is 5.10 Å². The van der Waals surface area contributed by atoms with Crippen LogP contribution in [-0.4, -0.2) is 35.7 Å². The topological polar surface area (TPSA) is 76.9 Å². The minimum Gasteiger partial charge on any atom is -0.384 e. The molecule has 2 rings (SSSR count). The molecule has 0 radical (unpaired) electrons. The Labute approximate surface area is 118 Å². The number of hydrogen-bond donors (Lipinski definition) is 1. The Bertz CT molecular complexity index is 638. The van der Waals surface area contributed by atoms with Gasteiger partial charge in [0.15, 0.2) is 9.84 Å². The first-order valence-electron chi connectivity index (χ1n) is 6.53. The largest absolute Gasteiger partial charge is 0.384 e. The fourth-order valence-electron chi connectivity index (χ4n) is 1.86. The Hall–Kier alpha value is -1.89. The van der Waals surface area contributed by atoms with E-state index < -0.39 is 9.84 Å². The lowest BCUT2D eigenvalue weighted by Gasteiger charge is -2.11. The van der Waals surface area contributed by atoms with Crippen molar-refractivity contribution in [1.29, 1.82) is 0 Å². The van der Waals surface area contributed by atoms with Gasteiger partial charge in [0.05, 0.1) is 22.5 Å². The number of sulfone groups is 1. The van der Waals surface area contributed by atoms with Gasteiger partial charge in [0.1, 0.15) is 0 Å². The van der Waals surface area contributed by atoms with Crippen LogP contribution in [0.5, 0.6) is 0 Å². The third-order valence-corrected chi connectivity index (χ3v) is 4.74. The van der Waals surface area contributed by atoms with Crippen molar-refractivity contribution in [3.63, 3.8) is 0 Å². The minimum atomic E-state index is -3.20. The average Bonchev–Trinajstić information content (AvgIpc) is 2.97. The molecule has 0 saturated carbocycles. The van der Waals surface area contributed by atoms with Crippen LogP contribution in [0.3, 0.4) is 0 Å². The third kappa shape index (κ3) is 3.57. The van der Waals surface area contributed by atoms with Crippen molar-refractivity contribution in [3.8, 4) is 0 Å². The molecule has 0 saturated heterocycles. The van der Waals surface area contributed by atoms with Crippen LogP contribution in [-0.2, 0) is 16.4 Å². The maximum Gasteiger partial charge on any atom is 0.180 e. The van der Waals surface area contributed by atoms with Crippen LogP contribution in [0.25, 0.3) is 0 Å². The Morgan fingerprint density at radius 1 is 1.30 bits per heavy atom. The van der Waals surface area contributed by atoms with Gasteiger partial charge in [-0.1, -0.05) is 24.3 Å². The quantitative estimate of drug-likeness (QED) is 0.784. The molecule has 1 N–H and O–H groups in total. The molecule has 1 heterocycles. The second-order valence-corrected chi connectivity index (χ2v) is 6.59. The smallest absolute Gasteiger partial charge is 0.180 e. The lowest BCUT2D eigenvalue weighted by Crippen LogP contribution is -2.11. The monoisotopic (exact) mass is 294 g/mol. The van der Waals surface area contributed by atoms with Gasteiger partial charge in [-0.25, -0.2) is 8.42 Å². The van der Waals surface area contributed by atoms with Gasteiger partial charge >= 0.3 is 0 Å². The van der Waals surface area contributed by atoms with Crippen LogP contribution in [0.4, 0.5) is 5.69 Å². The summed E-state index contributed by atoms with van der Waals surface area (Å²) in [6.45, 7) is 3.07. The molecule has 0 atom stereocenters. The zero-order valence-corrected chi connectivity index (χ0v) is 12.2. The van der Waals surface area contributed by atoms with E-state index in [2.05, 4.69) is 15.6 Å². The number of aryl methyl sites for hydroxylation is 1. The molecule has 0 fully saturated rings. The molecule has 20 heavy (non-hydrogen) atoms. The Morgan fingerprint density at radius 3 is 2.80 bits per heavy atom. The Kier molecular flexibility index (Phi) is 4.73. The molecule has 0 aliphatic carbocycles. The van der Waals surface area contributed by atoms with Crippen LogP contribution < -0.4 is 5.32 Å². The summed E-state index contributed by atoms with van der Waals surface area (Å²) in [6, 6.07) is 6.99. The second kappa shape index (κ2) is 6.51. The van der Waals surface area contributed by atoms with E-state index in [4.69, 9.17) is 0 Å². The summed E-state index contributed by atoms with van der Waals surface area (Å²) < 4.78 is 25.7. The van der Waals surface area contributed by atoms with Crippen molar-refractivity contribution < 1.29 is 8.42 Å². The molecule has 1 aromatic carbocycles. The first-order chi connectivity index (χ1) is 9.63. The van der Waals surface area contributed by atoms with Crippen LogP contribution in [0, 0.1) is 0 Å². The zero-order chi connectivity index (χ0) is 14.4. The fourth-order valence-corrected chi connectivity index (χ4v) is 2.93. The molecular weight excluding hydrogens is 276 g/mol. The molecule has 108 valence electrons. The second-order valence-electron chi connectivity index (χ2n) is 4.35. The highest BCUT2D eigenvalue weighted by atomic mass is 32.2. The molecule has 7 heteroatoms. The summed E-state index contributed by atoms with van der Waals surface area (Å²) in [5.74, 6) is 0.102. The number of nitrogens with one attached hydrogen (secondary N) is 1. The SMILES string of the molecule is CCS(=O)(=O)c1ccccc1NCCCn1ccnn1. The van der Waals surface area contributed by atoms with E-state index in [1.54, 1.807) is 42.2 Å². The van der Waals surface area contributed by atoms with Gasteiger partial charge in [0.25, 0.3) is 0 Å². The Morgan fingerprint density at radius 2 is 2.10 bits per heavy atom. The van der Waals surface area contributed by atoms with E-state index in [1.807, 2.05) is 6.07 Å². The molecule has 0 spiro atoms. The molecule has 0 aliphatic heterocycles. The van der Waals surface area contributed by atoms with Gasteiger partial charge in [0, 0.05) is 19.3 Å². The number of aromatic nitrogens is 3. The van der Waals surface area contributed by atoms with Crippen molar-refractivity contribution >= 4 is 15.5 Å². The van der Waals surface area contributed by atoms with Crippen molar-refractivity contribution in [1.82, 2.24) is 15.0 Å². The highest BCUT2D eigenvalue weighted by Gasteiger charge is 2.15. The summed E-state index contributed by atoms with van der Waals surface area (Å²) >= 11 is 0. The molecule has 0 amide bonds. The van der Waals surface area contributed by atoms with E-state index in [1.165, 1.54) is 0 Å². The van der Waals surface area contributed by atoms with Crippen LogP contribution in [0.15, 0.2) is 41.6 Å². The van der Waals surface area contributed by atoms with Crippen molar-refractivity contribution in [2.75, 3.05) is 17.6 Å². The van der Waals surface area contributed by atoms with Crippen molar-refractivity contribution in [2.24, 2.45) is 0 Å². The summed E-state index contributed by atoms with van der Waals surface area (Å²) in [5, 5.41) is 10.8. The van der Waals surface area contributed by atoms with Crippen LogP contribution >= 0.6 is 0 Å². The van der Waals surface area contributed by atoms with Crippen molar-refractivity contribution in [2.45, 2.75) is 24.8 Å². The zero-order valence-electron chi connectivity index (χ0n) is 11.4.